The lowest BCUT2D eigenvalue weighted by molar-refractivity contribution is -0.0908. The topological polar surface area (TPSA) is 75.6 Å². The van der Waals surface area contributed by atoms with E-state index < -0.39 is 22.4 Å². The normalized spacial score (nSPS) is 24.6. The van der Waals surface area contributed by atoms with Crippen LogP contribution in [0.2, 0.25) is 0 Å². The molecule has 21 heavy (non-hydrogen) atoms. The molecule has 5 nitrogen and oxygen atoms in total. The van der Waals surface area contributed by atoms with Gasteiger partial charge in [0.2, 0.25) is 10.0 Å². The number of hydrogen-bond donors (Lipinski definition) is 2. The molecule has 1 aliphatic carbocycles. The summed E-state index contributed by atoms with van der Waals surface area (Å²) in [5.74, 6) is -0.625. The highest BCUT2D eigenvalue weighted by molar-refractivity contribution is 7.89. The molecule has 1 fully saturated rings. The summed E-state index contributed by atoms with van der Waals surface area (Å²) < 4.78 is 45.9. The minimum Gasteiger partial charge on any atom is -0.392 e. The largest absolute Gasteiger partial charge is 0.392 e. The number of benzene rings is 1. The van der Waals surface area contributed by atoms with Gasteiger partial charge in [0.1, 0.15) is 5.82 Å². The number of hydrogen-bond acceptors (Lipinski definition) is 4. The molecule has 1 aromatic carbocycles. The van der Waals surface area contributed by atoms with Crippen molar-refractivity contribution in [2.75, 3.05) is 7.11 Å². The molecule has 7 heteroatoms. The molecule has 118 valence electrons. The SMILES string of the molecule is COC1CC(NS(=O)(=O)c2ccc(F)c(CO)c2)C1(C)C. The van der Waals surface area contributed by atoms with E-state index in [9.17, 15) is 12.8 Å². The van der Waals surface area contributed by atoms with Gasteiger partial charge in [-0.15, -0.1) is 0 Å². The van der Waals surface area contributed by atoms with Crippen LogP contribution in [0.25, 0.3) is 0 Å². The van der Waals surface area contributed by atoms with Crippen molar-refractivity contribution >= 4 is 10.0 Å². The van der Waals surface area contributed by atoms with Crippen molar-refractivity contribution in [1.29, 1.82) is 0 Å². The summed E-state index contributed by atoms with van der Waals surface area (Å²) in [7, 11) is -2.15. The van der Waals surface area contributed by atoms with Crippen molar-refractivity contribution in [1.82, 2.24) is 4.72 Å². The lowest BCUT2D eigenvalue weighted by Gasteiger charge is -2.50. The minimum absolute atomic E-state index is 0.00594. The van der Waals surface area contributed by atoms with Gasteiger partial charge < -0.3 is 9.84 Å². The molecule has 0 aromatic heterocycles. The van der Waals surface area contributed by atoms with Gasteiger partial charge in [-0.2, -0.15) is 0 Å². The van der Waals surface area contributed by atoms with E-state index in [0.717, 1.165) is 12.1 Å². The molecule has 0 heterocycles. The third-order valence-corrected chi connectivity index (χ3v) is 5.73. The zero-order valence-corrected chi connectivity index (χ0v) is 13.1. The number of halogens is 1. The first-order chi connectivity index (χ1) is 9.72. The lowest BCUT2D eigenvalue weighted by atomic mass is 9.65. The van der Waals surface area contributed by atoms with Crippen molar-refractivity contribution in [3.63, 3.8) is 0 Å². The van der Waals surface area contributed by atoms with E-state index in [0.29, 0.717) is 6.42 Å². The number of nitrogens with one attached hydrogen (secondary N) is 1. The smallest absolute Gasteiger partial charge is 0.240 e. The van der Waals surface area contributed by atoms with E-state index in [4.69, 9.17) is 9.84 Å². The summed E-state index contributed by atoms with van der Waals surface area (Å²) in [6, 6.07) is 3.15. The molecule has 0 spiro atoms. The van der Waals surface area contributed by atoms with Crippen LogP contribution in [0.4, 0.5) is 4.39 Å². The van der Waals surface area contributed by atoms with E-state index in [2.05, 4.69) is 4.72 Å². The number of aliphatic hydroxyl groups is 1. The second kappa shape index (κ2) is 5.64. The van der Waals surface area contributed by atoms with Gasteiger partial charge in [-0.25, -0.2) is 17.5 Å². The average Bonchev–Trinajstić information content (AvgIpc) is 2.43. The van der Waals surface area contributed by atoms with Gasteiger partial charge in [0.05, 0.1) is 17.6 Å². The van der Waals surface area contributed by atoms with Gasteiger partial charge in [-0.3, -0.25) is 0 Å². The van der Waals surface area contributed by atoms with Crippen molar-refractivity contribution < 1.29 is 22.7 Å². The second-order valence-corrected chi connectivity index (χ2v) is 7.58. The molecule has 0 saturated heterocycles. The monoisotopic (exact) mass is 317 g/mol. The van der Waals surface area contributed by atoms with E-state index in [1.54, 1.807) is 7.11 Å². The number of sulfonamides is 1. The highest BCUT2D eigenvalue weighted by Crippen LogP contribution is 2.43. The molecule has 0 bridgehead atoms. The quantitative estimate of drug-likeness (QED) is 0.861. The molecule has 1 aliphatic rings. The molecule has 0 amide bonds. The first kappa shape index (κ1) is 16.4. The highest BCUT2D eigenvalue weighted by atomic mass is 32.2. The number of methoxy groups -OCH3 is 1. The lowest BCUT2D eigenvalue weighted by Crippen LogP contribution is -2.61. The Kier molecular flexibility index (Phi) is 4.39. The van der Waals surface area contributed by atoms with E-state index in [1.165, 1.54) is 6.07 Å². The summed E-state index contributed by atoms with van der Waals surface area (Å²) in [4.78, 5) is -0.0513. The maximum Gasteiger partial charge on any atom is 0.240 e. The van der Waals surface area contributed by atoms with Crippen LogP contribution in [-0.2, 0) is 21.4 Å². The molecule has 1 saturated carbocycles. The van der Waals surface area contributed by atoms with Gasteiger partial charge in [0.15, 0.2) is 0 Å². The Balaban J connectivity index is 2.20. The molecule has 0 radical (unpaired) electrons. The van der Waals surface area contributed by atoms with Gasteiger partial charge in [0, 0.05) is 24.1 Å². The molecule has 2 unspecified atom stereocenters. The number of ether oxygens (including phenoxy) is 1. The predicted octanol–water partition coefficient (Wildman–Crippen LogP) is 1.41. The van der Waals surface area contributed by atoms with Crippen LogP contribution in [0, 0.1) is 11.2 Å². The summed E-state index contributed by atoms with van der Waals surface area (Å²) >= 11 is 0. The fourth-order valence-corrected chi connectivity index (χ4v) is 4.04. The van der Waals surface area contributed by atoms with Crippen molar-refractivity contribution in [2.45, 2.75) is 43.9 Å². The summed E-state index contributed by atoms with van der Waals surface area (Å²) in [5, 5.41) is 9.03. The summed E-state index contributed by atoms with van der Waals surface area (Å²) in [6.07, 6.45) is 0.600. The molecule has 2 atom stereocenters. The van der Waals surface area contributed by atoms with Crippen LogP contribution < -0.4 is 4.72 Å². The Morgan fingerprint density at radius 3 is 2.67 bits per heavy atom. The highest BCUT2D eigenvalue weighted by Gasteiger charge is 2.50. The zero-order valence-electron chi connectivity index (χ0n) is 12.3. The molecule has 1 aromatic rings. The fraction of sp³-hybridized carbons (Fsp3) is 0.571. The van der Waals surface area contributed by atoms with Gasteiger partial charge in [-0.1, -0.05) is 13.8 Å². The Morgan fingerprint density at radius 1 is 1.48 bits per heavy atom. The minimum atomic E-state index is -3.76. The summed E-state index contributed by atoms with van der Waals surface area (Å²) in [6.45, 7) is 3.32. The van der Waals surface area contributed by atoms with Crippen molar-refractivity contribution in [3.8, 4) is 0 Å². The molecular formula is C14H20FNO4S. The zero-order chi connectivity index (χ0) is 15.8. The number of rotatable bonds is 5. The second-order valence-electron chi connectivity index (χ2n) is 5.87. The molecule has 0 aliphatic heterocycles. The number of aliphatic hydroxyl groups excluding tert-OH is 1. The van der Waals surface area contributed by atoms with Crippen LogP contribution >= 0.6 is 0 Å². The Labute approximate surface area is 124 Å². The first-order valence-electron chi connectivity index (χ1n) is 6.66. The fourth-order valence-electron chi connectivity index (χ4n) is 2.58. The van der Waals surface area contributed by atoms with Crippen molar-refractivity contribution in [3.05, 3.63) is 29.6 Å². The van der Waals surface area contributed by atoms with E-state index in [1.807, 2.05) is 13.8 Å². The van der Waals surface area contributed by atoms with Gasteiger partial charge >= 0.3 is 0 Å². The Hall–Kier alpha value is -1.02. The third-order valence-electron chi connectivity index (χ3n) is 4.26. The maximum atomic E-state index is 13.3. The first-order valence-corrected chi connectivity index (χ1v) is 8.15. The molecule has 2 rings (SSSR count). The van der Waals surface area contributed by atoms with Crippen LogP contribution in [0.3, 0.4) is 0 Å². The van der Waals surface area contributed by atoms with E-state index >= 15 is 0 Å². The Bertz CT molecular complexity index is 630. The molecular weight excluding hydrogens is 297 g/mol. The summed E-state index contributed by atoms with van der Waals surface area (Å²) in [5.41, 5.74) is -0.345. The van der Waals surface area contributed by atoms with Gasteiger partial charge in [0.25, 0.3) is 0 Å². The van der Waals surface area contributed by atoms with Gasteiger partial charge in [-0.05, 0) is 24.6 Å². The predicted molar refractivity (Wildman–Crippen MR) is 75.6 cm³/mol. The standard InChI is InChI=1S/C14H20FNO4S/c1-14(2)12(7-13(14)20-3)16-21(18,19)10-4-5-11(15)9(6-10)8-17/h4-6,12-13,16-17H,7-8H2,1-3H3. The van der Waals surface area contributed by atoms with Crippen molar-refractivity contribution in [2.24, 2.45) is 5.41 Å². The molecule has 2 N–H and O–H groups in total. The maximum absolute atomic E-state index is 13.3. The van der Waals surface area contributed by atoms with Crippen LogP contribution in [-0.4, -0.2) is 32.8 Å². The average molecular weight is 317 g/mol. The van der Waals surface area contributed by atoms with Crippen LogP contribution in [0.15, 0.2) is 23.1 Å². The van der Waals surface area contributed by atoms with Crippen LogP contribution in [0.1, 0.15) is 25.8 Å². The third kappa shape index (κ3) is 2.96. The van der Waals surface area contributed by atoms with Crippen LogP contribution in [0.5, 0.6) is 0 Å². The van der Waals surface area contributed by atoms with E-state index in [-0.39, 0.29) is 28.0 Å². The Morgan fingerprint density at radius 2 is 2.14 bits per heavy atom.